The summed E-state index contributed by atoms with van der Waals surface area (Å²) in [6, 6.07) is 23.7. The fourth-order valence-corrected chi connectivity index (χ4v) is 3.30. The summed E-state index contributed by atoms with van der Waals surface area (Å²) in [4.78, 5) is 3.57. The molecule has 1 aromatic heterocycles. The molecule has 1 heteroatoms. The van der Waals surface area contributed by atoms with E-state index >= 15 is 0 Å². The molecule has 0 saturated carbocycles. The monoisotopic (exact) mass is 309 g/mol. The van der Waals surface area contributed by atoms with Gasteiger partial charge in [-0.15, -0.1) is 0 Å². The summed E-state index contributed by atoms with van der Waals surface area (Å²) in [5.41, 5.74) is 7.14. The van der Waals surface area contributed by atoms with E-state index in [0.717, 1.165) is 11.1 Å². The summed E-state index contributed by atoms with van der Waals surface area (Å²) in [5, 5.41) is 2.52. The molecular formula is C23H19N. The third-order valence-corrected chi connectivity index (χ3v) is 4.57. The Morgan fingerprint density at radius 1 is 0.833 bits per heavy atom. The lowest BCUT2D eigenvalue weighted by atomic mass is 10.0. The first-order chi connectivity index (χ1) is 11.8. The van der Waals surface area contributed by atoms with Crippen LogP contribution in [-0.4, -0.2) is 4.98 Å². The average Bonchev–Trinajstić information content (AvgIpc) is 3.00. The SMILES string of the molecule is C=C/C(=C\C)c1ccc2c(c1)[nH]c1cc(-c3ccccc3)ccc12. The van der Waals surface area contributed by atoms with Gasteiger partial charge in [-0.2, -0.15) is 0 Å². The number of aromatic amines is 1. The molecule has 0 radical (unpaired) electrons. The van der Waals surface area contributed by atoms with Crippen LogP contribution in [0.5, 0.6) is 0 Å². The van der Waals surface area contributed by atoms with Gasteiger partial charge in [0.05, 0.1) is 0 Å². The lowest BCUT2D eigenvalue weighted by Crippen LogP contribution is -1.80. The number of hydrogen-bond acceptors (Lipinski definition) is 0. The van der Waals surface area contributed by atoms with Crippen LogP contribution in [0, 0.1) is 0 Å². The lowest BCUT2D eigenvalue weighted by Gasteiger charge is -2.02. The third-order valence-electron chi connectivity index (χ3n) is 4.57. The molecule has 4 aromatic rings. The number of allylic oxidation sites excluding steroid dienone is 3. The van der Waals surface area contributed by atoms with Gasteiger partial charge in [-0.05, 0) is 41.3 Å². The van der Waals surface area contributed by atoms with Crippen LogP contribution < -0.4 is 0 Å². The normalized spacial score (nSPS) is 12.0. The topological polar surface area (TPSA) is 15.8 Å². The molecule has 4 rings (SSSR count). The zero-order chi connectivity index (χ0) is 16.5. The molecule has 3 aromatic carbocycles. The number of rotatable bonds is 3. The first-order valence-corrected chi connectivity index (χ1v) is 8.20. The van der Waals surface area contributed by atoms with Crippen LogP contribution in [0.2, 0.25) is 0 Å². The Labute approximate surface area is 142 Å². The highest BCUT2D eigenvalue weighted by Crippen LogP contribution is 2.31. The van der Waals surface area contributed by atoms with Gasteiger partial charge in [-0.1, -0.05) is 73.3 Å². The summed E-state index contributed by atoms with van der Waals surface area (Å²) in [7, 11) is 0. The van der Waals surface area contributed by atoms with Gasteiger partial charge in [0.2, 0.25) is 0 Å². The van der Waals surface area contributed by atoms with Gasteiger partial charge in [-0.3, -0.25) is 0 Å². The Morgan fingerprint density at radius 2 is 1.54 bits per heavy atom. The molecule has 1 nitrogen and oxygen atoms in total. The van der Waals surface area contributed by atoms with Crippen molar-refractivity contribution in [2.45, 2.75) is 6.92 Å². The second kappa shape index (κ2) is 5.86. The number of benzene rings is 3. The minimum atomic E-state index is 1.15. The zero-order valence-electron chi connectivity index (χ0n) is 13.7. The van der Waals surface area contributed by atoms with Crippen molar-refractivity contribution in [2.24, 2.45) is 0 Å². The maximum Gasteiger partial charge on any atom is 0.0471 e. The van der Waals surface area contributed by atoms with Crippen molar-refractivity contribution in [1.29, 1.82) is 0 Å². The standard InChI is InChI=1S/C23H19N/c1-3-16(4-2)18-10-12-20-21-13-11-19(17-8-6-5-7-9-17)15-23(21)24-22(20)14-18/h3-15,24H,1H2,2H3/b16-4+. The van der Waals surface area contributed by atoms with Gasteiger partial charge < -0.3 is 4.98 Å². The molecule has 0 fully saturated rings. The molecule has 0 bridgehead atoms. The molecule has 0 atom stereocenters. The van der Waals surface area contributed by atoms with E-state index in [1.165, 1.54) is 33.0 Å². The van der Waals surface area contributed by atoms with Crippen LogP contribution in [0.3, 0.4) is 0 Å². The van der Waals surface area contributed by atoms with Crippen molar-refractivity contribution in [3.63, 3.8) is 0 Å². The van der Waals surface area contributed by atoms with Crippen LogP contribution >= 0.6 is 0 Å². The summed E-state index contributed by atoms with van der Waals surface area (Å²) in [5.74, 6) is 0. The van der Waals surface area contributed by atoms with Crippen molar-refractivity contribution in [3.8, 4) is 11.1 Å². The van der Waals surface area contributed by atoms with Crippen LogP contribution in [0.15, 0.2) is 85.5 Å². The van der Waals surface area contributed by atoms with Gasteiger partial charge >= 0.3 is 0 Å². The van der Waals surface area contributed by atoms with E-state index in [1.807, 2.05) is 19.1 Å². The van der Waals surface area contributed by atoms with E-state index in [4.69, 9.17) is 0 Å². The van der Waals surface area contributed by atoms with Crippen LogP contribution in [0.1, 0.15) is 12.5 Å². The predicted octanol–water partition coefficient (Wildman–Crippen LogP) is 6.58. The van der Waals surface area contributed by atoms with E-state index in [1.54, 1.807) is 0 Å². The van der Waals surface area contributed by atoms with Crippen molar-refractivity contribution in [3.05, 3.63) is 91.0 Å². The summed E-state index contributed by atoms with van der Waals surface area (Å²) >= 11 is 0. The molecule has 1 N–H and O–H groups in total. The number of hydrogen-bond donors (Lipinski definition) is 1. The molecule has 0 aliphatic rings. The Bertz CT molecular complexity index is 1070. The number of fused-ring (bicyclic) bond motifs is 3. The van der Waals surface area contributed by atoms with Crippen molar-refractivity contribution >= 4 is 27.4 Å². The number of aromatic nitrogens is 1. The maximum absolute atomic E-state index is 3.90. The van der Waals surface area contributed by atoms with Gasteiger partial charge in [-0.25, -0.2) is 0 Å². The van der Waals surface area contributed by atoms with E-state index < -0.39 is 0 Å². The number of H-pyrrole nitrogens is 1. The van der Waals surface area contributed by atoms with Crippen LogP contribution in [0.25, 0.3) is 38.5 Å². The van der Waals surface area contributed by atoms with Gasteiger partial charge in [0, 0.05) is 21.8 Å². The molecule has 0 spiro atoms. The smallest absolute Gasteiger partial charge is 0.0471 e. The highest BCUT2D eigenvalue weighted by molar-refractivity contribution is 6.08. The lowest BCUT2D eigenvalue weighted by molar-refractivity contribution is 1.53. The first-order valence-electron chi connectivity index (χ1n) is 8.20. The summed E-state index contributed by atoms with van der Waals surface area (Å²) in [6.07, 6.45) is 3.99. The Kier molecular flexibility index (Phi) is 3.55. The third kappa shape index (κ3) is 2.35. The molecule has 1 heterocycles. The van der Waals surface area contributed by atoms with Crippen molar-refractivity contribution in [2.75, 3.05) is 0 Å². The summed E-state index contributed by atoms with van der Waals surface area (Å²) < 4.78 is 0. The zero-order valence-corrected chi connectivity index (χ0v) is 13.7. The Hall–Kier alpha value is -3.06. The highest BCUT2D eigenvalue weighted by Gasteiger charge is 2.07. The summed E-state index contributed by atoms with van der Waals surface area (Å²) in [6.45, 7) is 5.94. The van der Waals surface area contributed by atoms with Crippen molar-refractivity contribution in [1.82, 2.24) is 4.98 Å². The van der Waals surface area contributed by atoms with E-state index in [9.17, 15) is 0 Å². The predicted molar refractivity (Wildman–Crippen MR) is 105 cm³/mol. The first kappa shape index (κ1) is 14.5. The second-order valence-corrected chi connectivity index (χ2v) is 5.96. The molecule has 0 aliphatic heterocycles. The molecular weight excluding hydrogens is 290 g/mol. The molecule has 0 amide bonds. The number of nitrogens with one attached hydrogen (secondary N) is 1. The Balaban J connectivity index is 1.89. The van der Waals surface area contributed by atoms with E-state index in [0.29, 0.717) is 0 Å². The Morgan fingerprint density at radius 3 is 2.25 bits per heavy atom. The van der Waals surface area contributed by atoms with Gasteiger partial charge in [0.15, 0.2) is 0 Å². The minimum absolute atomic E-state index is 1.15. The molecule has 116 valence electrons. The fourth-order valence-electron chi connectivity index (χ4n) is 3.30. The van der Waals surface area contributed by atoms with E-state index in [-0.39, 0.29) is 0 Å². The highest BCUT2D eigenvalue weighted by atomic mass is 14.7. The fraction of sp³-hybridized carbons (Fsp3) is 0.0435. The van der Waals surface area contributed by atoms with Gasteiger partial charge in [0.25, 0.3) is 0 Å². The molecule has 0 unspecified atom stereocenters. The molecule has 24 heavy (non-hydrogen) atoms. The molecule has 0 saturated heterocycles. The van der Waals surface area contributed by atoms with E-state index in [2.05, 4.69) is 78.3 Å². The van der Waals surface area contributed by atoms with Crippen molar-refractivity contribution < 1.29 is 0 Å². The van der Waals surface area contributed by atoms with Gasteiger partial charge in [0.1, 0.15) is 0 Å². The average molecular weight is 309 g/mol. The quantitative estimate of drug-likeness (QED) is 0.411. The van der Waals surface area contributed by atoms with Crippen LogP contribution in [-0.2, 0) is 0 Å². The van der Waals surface area contributed by atoms with Crippen LogP contribution in [0.4, 0.5) is 0 Å². The second-order valence-electron chi connectivity index (χ2n) is 5.96. The largest absolute Gasteiger partial charge is 0.354 e. The molecule has 0 aliphatic carbocycles. The minimum Gasteiger partial charge on any atom is -0.354 e. The maximum atomic E-state index is 3.90.